The monoisotopic (exact) mass is 180 g/mol. The summed E-state index contributed by atoms with van der Waals surface area (Å²) in [6, 6.07) is 0. The van der Waals surface area contributed by atoms with Crippen LogP contribution >= 0.6 is 0 Å². The Bertz CT molecular complexity index is 188. The Balaban J connectivity index is 0.000000671. The van der Waals surface area contributed by atoms with Gasteiger partial charge in [-0.1, -0.05) is 33.4 Å². The summed E-state index contributed by atoms with van der Waals surface area (Å²) in [6.07, 6.45) is 3.63. The van der Waals surface area contributed by atoms with E-state index in [2.05, 4.69) is 30.1 Å². The topological polar surface area (TPSA) is 15.6 Å². The van der Waals surface area contributed by atoms with E-state index in [0.717, 1.165) is 24.8 Å². The molecule has 0 aromatic heterocycles. The molecule has 0 unspecified atom stereocenters. The fraction of sp³-hybridized carbons (Fsp3) is 0.545. The minimum atomic E-state index is 0.796. The molecule has 0 aromatic carbocycles. The molecule has 0 saturated carbocycles. The zero-order valence-electron chi connectivity index (χ0n) is 8.95. The Hall–Kier alpha value is -1.05. The number of likely N-dealkylation sites (tertiary alicyclic amines) is 1. The van der Waals surface area contributed by atoms with Crippen LogP contribution in [-0.2, 0) is 0 Å². The minimum absolute atomic E-state index is 0.796. The van der Waals surface area contributed by atoms with Crippen molar-refractivity contribution in [1.82, 2.24) is 4.90 Å². The van der Waals surface area contributed by atoms with Crippen molar-refractivity contribution < 1.29 is 0 Å². The molecule has 0 radical (unpaired) electrons. The van der Waals surface area contributed by atoms with Gasteiger partial charge in [-0.05, 0) is 18.7 Å². The molecule has 1 saturated heterocycles. The summed E-state index contributed by atoms with van der Waals surface area (Å²) in [4.78, 5) is 6.09. The molecule has 0 amide bonds. The summed E-state index contributed by atoms with van der Waals surface area (Å²) in [5, 5.41) is 0. The van der Waals surface area contributed by atoms with Crippen LogP contribution in [0.4, 0.5) is 0 Å². The van der Waals surface area contributed by atoms with E-state index in [4.69, 9.17) is 0 Å². The molecular formula is C11H20N2. The smallest absolute Gasteiger partial charge is 0.127 e. The quantitative estimate of drug-likeness (QED) is 0.481. The molecule has 1 aliphatic heterocycles. The summed E-state index contributed by atoms with van der Waals surface area (Å²) in [5.41, 5.74) is 0. The van der Waals surface area contributed by atoms with E-state index in [0.29, 0.717) is 0 Å². The summed E-state index contributed by atoms with van der Waals surface area (Å²) in [6.45, 7) is 15.5. The molecule has 1 fully saturated rings. The second-order valence-corrected chi connectivity index (χ2v) is 2.93. The first-order valence-corrected chi connectivity index (χ1v) is 4.82. The summed E-state index contributed by atoms with van der Waals surface area (Å²) < 4.78 is 0. The average Bonchev–Trinajstić information content (AvgIpc) is 2.13. The first kappa shape index (κ1) is 11.9. The van der Waals surface area contributed by atoms with Gasteiger partial charge >= 0.3 is 0 Å². The summed E-state index contributed by atoms with van der Waals surface area (Å²) in [7, 11) is 0. The van der Waals surface area contributed by atoms with Gasteiger partial charge in [-0.25, -0.2) is 4.99 Å². The van der Waals surface area contributed by atoms with E-state index in [1.54, 1.807) is 6.08 Å². The van der Waals surface area contributed by atoms with Gasteiger partial charge in [0.25, 0.3) is 0 Å². The molecule has 0 atom stereocenters. The van der Waals surface area contributed by atoms with Crippen molar-refractivity contribution in [3.05, 3.63) is 24.6 Å². The second kappa shape index (κ2) is 6.46. The second-order valence-electron chi connectivity index (χ2n) is 2.93. The van der Waals surface area contributed by atoms with E-state index in [1.807, 2.05) is 19.9 Å². The Morgan fingerprint density at radius 2 is 2.00 bits per heavy atom. The molecule has 1 rings (SSSR count). The molecule has 2 nitrogen and oxygen atoms in total. The predicted octanol–water partition coefficient (Wildman–Crippen LogP) is 2.69. The maximum absolute atomic E-state index is 3.90. The normalized spacial score (nSPS) is 16.8. The molecule has 0 N–H and O–H groups in total. The third-order valence-corrected chi connectivity index (χ3v) is 1.82. The van der Waals surface area contributed by atoms with Crippen molar-refractivity contribution in [2.75, 3.05) is 13.1 Å². The van der Waals surface area contributed by atoms with Crippen molar-refractivity contribution in [2.24, 2.45) is 10.9 Å². The average molecular weight is 180 g/mol. The van der Waals surface area contributed by atoms with Gasteiger partial charge in [-0.15, -0.1) is 0 Å². The van der Waals surface area contributed by atoms with Crippen LogP contribution in [0.5, 0.6) is 0 Å². The Kier molecular flexibility index (Phi) is 5.94. The van der Waals surface area contributed by atoms with Crippen molar-refractivity contribution in [3.63, 3.8) is 0 Å². The molecule has 0 spiro atoms. The molecule has 13 heavy (non-hydrogen) atoms. The van der Waals surface area contributed by atoms with Crippen LogP contribution in [0, 0.1) is 5.92 Å². The lowest BCUT2D eigenvalue weighted by molar-refractivity contribution is 0.156. The number of nitrogens with zero attached hydrogens (tertiary/aromatic N) is 2. The number of hydrogen-bond donors (Lipinski definition) is 0. The highest BCUT2D eigenvalue weighted by molar-refractivity contribution is 5.30. The summed E-state index contributed by atoms with van der Waals surface area (Å²) in [5.74, 6) is 1.74. The standard InChI is InChI=1S/C9H14N2.C2H6/c1-4-5-9(10-3)11-6-8(2)7-11;1-2/h4-5,8H,1,3,6-7H2,2H3;1-2H3/b9-5+;. The largest absolute Gasteiger partial charge is 0.356 e. The van der Waals surface area contributed by atoms with Gasteiger partial charge in [0.15, 0.2) is 0 Å². The fourth-order valence-corrected chi connectivity index (χ4v) is 1.25. The third-order valence-electron chi connectivity index (χ3n) is 1.82. The van der Waals surface area contributed by atoms with Gasteiger partial charge in [0, 0.05) is 13.1 Å². The molecule has 0 aliphatic carbocycles. The first-order chi connectivity index (χ1) is 6.27. The Morgan fingerprint density at radius 1 is 1.46 bits per heavy atom. The molecule has 1 heterocycles. The lowest BCUT2D eigenvalue weighted by Crippen LogP contribution is -2.43. The molecule has 0 aromatic rings. The van der Waals surface area contributed by atoms with E-state index >= 15 is 0 Å². The van der Waals surface area contributed by atoms with Crippen LogP contribution < -0.4 is 0 Å². The lowest BCUT2D eigenvalue weighted by Gasteiger charge is -2.38. The summed E-state index contributed by atoms with van der Waals surface area (Å²) >= 11 is 0. The van der Waals surface area contributed by atoms with Crippen LogP contribution in [0.15, 0.2) is 29.5 Å². The lowest BCUT2D eigenvalue weighted by atomic mass is 10.0. The highest BCUT2D eigenvalue weighted by Gasteiger charge is 2.23. The fourth-order valence-electron chi connectivity index (χ4n) is 1.25. The Labute approximate surface area is 81.7 Å². The van der Waals surface area contributed by atoms with E-state index in [1.165, 1.54) is 0 Å². The minimum Gasteiger partial charge on any atom is -0.356 e. The van der Waals surface area contributed by atoms with E-state index < -0.39 is 0 Å². The van der Waals surface area contributed by atoms with Crippen molar-refractivity contribution in [3.8, 4) is 0 Å². The molecule has 1 aliphatic rings. The van der Waals surface area contributed by atoms with Gasteiger partial charge < -0.3 is 4.90 Å². The van der Waals surface area contributed by atoms with Gasteiger partial charge in [0.05, 0.1) is 0 Å². The zero-order valence-corrected chi connectivity index (χ0v) is 8.95. The van der Waals surface area contributed by atoms with Crippen LogP contribution in [0.2, 0.25) is 0 Å². The predicted molar refractivity (Wildman–Crippen MR) is 59.9 cm³/mol. The third kappa shape index (κ3) is 3.45. The van der Waals surface area contributed by atoms with Gasteiger partial charge in [0.1, 0.15) is 5.82 Å². The number of aliphatic imine (C=N–C) groups is 1. The van der Waals surface area contributed by atoms with Crippen LogP contribution in [-0.4, -0.2) is 24.7 Å². The van der Waals surface area contributed by atoms with Crippen molar-refractivity contribution in [1.29, 1.82) is 0 Å². The molecular weight excluding hydrogens is 160 g/mol. The zero-order chi connectivity index (χ0) is 10.3. The SMILES string of the molecule is C=C/C=C(\N=C)N1CC(C)C1.CC. The maximum atomic E-state index is 3.90. The van der Waals surface area contributed by atoms with Gasteiger partial charge in [-0.3, -0.25) is 0 Å². The van der Waals surface area contributed by atoms with Crippen molar-refractivity contribution in [2.45, 2.75) is 20.8 Å². The number of rotatable bonds is 3. The van der Waals surface area contributed by atoms with Crippen LogP contribution in [0.3, 0.4) is 0 Å². The van der Waals surface area contributed by atoms with E-state index in [-0.39, 0.29) is 0 Å². The van der Waals surface area contributed by atoms with Gasteiger partial charge in [0.2, 0.25) is 0 Å². The van der Waals surface area contributed by atoms with Crippen LogP contribution in [0.1, 0.15) is 20.8 Å². The maximum Gasteiger partial charge on any atom is 0.127 e. The molecule has 74 valence electrons. The van der Waals surface area contributed by atoms with E-state index in [9.17, 15) is 0 Å². The highest BCUT2D eigenvalue weighted by atomic mass is 15.3. The number of allylic oxidation sites excluding steroid dienone is 2. The van der Waals surface area contributed by atoms with Crippen molar-refractivity contribution >= 4 is 6.72 Å². The first-order valence-electron chi connectivity index (χ1n) is 4.82. The van der Waals surface area contributed by atoms with Gasteiger partial charge in [-0.2, -0.15) is 0 Å². The highest BCUT2D eigenvalue weighted by Crippen LogP contribution is 2.20. The van der Waals surface area contributed by atoms with Crippen LogP contribution in [0.25, 0.3) is 0 Å². The Morgan fingerprint density at radius 3 is 2.31 bits per heavy atom. The molecule has 0 bridgehead atoms. The number of hydrogen-bond acceptors (Lipinski definition) is 2. The molecule has 2 heteroatoms.